The van der Waals surface area contributed by atoms with Crippen LogP contribution in [0.1, 0.15) is 84.2 Å². The third kappa shape index (κ3) is 18.7. The van der Waals surface area contributed by atoms with Crippen molar-refractivity contribution in [1.82, 2.24) is 30.4 Å². The first-order valence-electron chi connectivity index (χ1n) is 21.1. The molecule has 3 aromatic rings. The van der Waals surface area contributed by atoms with Crippen molar-refractivity contribution in [2.24, 2.45) is 28.7 Å². The number of nitrogens with two attached hydrogens (primary N) is 2. The Hall–Kier alpha value is -6.49. The minimum atomic E-state index is -5.08. The van der Waals surface area contributed by atoms with Crippen molar-refractivity contribution in [3.05, 3.63) is 77.8 Å². The molecule has 2 aromatic carbocycles. The van der Waals surface area contributed by atoms with Crippen LogP contribution in [-0.2, 0) is 35.3 Å². The van der Waals surface area contributed by atoms with Crippen LogP contribution in [0.15, 0.2) is 54.7 Å². The number of ketones is 1. The van der Waals surface area contributed by atoms with Crippen LogP contribution < -0.4 is 27.4 Å². The number of hydrogen-bond donors (Lipinski definition) is 8. The van der Waals surface area contributed by atoms with Gasteiger partial charge in [-0.2, -0.15) is 13.2 Å². The molecule has 0 spiro atoms. The van der Waals surface area contributed by atoms with Gasteiger partial charge < -0.3 is 52.2 Å². The summed E-state index contributed by atoms with van der Waals surface area (Å²) in [6, 6.07) is 8.60. The first-order chi connectivity index (χ1) is 31.2. The third-order valence-electron chi connectivity index (χ3n) is 10.1. The maximum atomic E-state index is 15.0. The number of halogens is 5. The molecule has 4 atom stereocenters. The van der Waals surface area contributed by atoms with Gasteiger partial charge in [-0.1, -0.05) is 65.0 Å². The molecule has 3 rings (SSSR count). The fraction of sp³-hybridized carbons (Fsp3) is 0.500. The Morgan fingerprint density at radius 3 is 2.07 bits per heavy atom. The second-order valence-corrected chi connectivity index (χ2v) is 16.9. The molecule has 0 aliphatic rings. The fourth-order valence-electron chi connectivity index (χ4n) is 6.81. The van der Waals surface area contributed by atoms with Crippen molar-refractivity contribution in [2.45, 2.75) is 97.6 Å². The molecule has 0 saturated heterocycles. The monoisotopic (exact) mass is 954 g/mol. The first kappa shape index (κ1) is 56.6. The number of urea groups is 1. The molecule has 0 aliphatic carbocycles. The molecule has 23 heteroatoms. The first-order valence-corrected chi connectivity index (χ1v) is 21.1. The summed E-state index contributed by atoms with van der Waals surface area (Å²) >= 11 is 0. The molecule has 0 aliphatic heterocycles. The van der Waals surface area contributed by atoms with Crippen molar-refractivity contribution in [3.63, 3.8) is 0 Å². The molecule has 0 bridgehead atoms. The van der Waals surface area contributed by atoms with E-state index in [1.54, 1.807) is 24.6 Å². The Morgan fingerprint density at radius 1 is 0.910 bits per heavy atom. The van der Waals surface area contributed by atoms with Gasteiger partial charge in [-0.05, 0) is 54.4 Å². The van der Waals surface area contributed by atoms with Gasteiger partial charge in [0.25, 0.3) is 0 Å². The number of imidazole rings is 1. The van der Waals surface area contributed by atoms with Crippen molar-refractivity contribution >= 4 is 41.5 Å². The highest BCUT2D eigenvalue weighted by molar-refractivity contribution is 5.91. The molecule has 0 radical (unpaired) electrons. The number of aromatic nitrogens is 2. The van der Waals surface area contributed by atoms with Crippen LogP contribution in [0.25, 0.3) is 11.3 Å². The minimum absolute atomic E-state index is 0.0750. The van der Waals surface area contributed by atoms with E-state index in [0.29, 0.717) is 5.82 Å². The highest BCUT2D eigenvalue weighted by Gasteiger charge is 2.39. The number of carboxylic acid groups (broad SMARTS) is 2. The number of primary amides is 1. The number of amides is 5. The second-order valence-electron chi connectivity index (χ2n) is 16.9. The summed E-state index contributed by atoms with van der Waals surface area (Å²) in [6.07, 6.45) is -3.76. The number of hydrogen-bond acceptors (Lipinski definition) is 10. The van der Waals surface area contributed by atoms with Gasteiger partial charge in [-0.25, -0.2) is 23.4 Å². The van der Waals surface area contributed by atoms with E-state index >= 15 is 4.39 Å². The van der Waals surface area contributed by atoms with E-state index in [-0.39, 0.29) is 75.5 Å². The van der Waals surface area contributed by atoms with Crippen molar-refractivity contribution in [2.75, 3.05) is 26.2 Å². The quantitative estimate of drug-likeness (QED) is 0.0497. The number of aliphatic carboxylic acids is 2. The van der Waals surface area contributed by atoms with E-state index in [0.717, 1.165) is 23.8 Å². The topological polar surface area (TPSA) is 289 Å². The van der Waals surface area contributed by atoms with Gasteiger partial charge in [0.1, 0.15) is 24.1 Å². The zero-order chi connectivity index (χ0) is 50.8. The largest absolute Gasteiger partial charge is 0.490 e. The highest BCUT2D eigenvalue weighted by atomic mass is 19.4. The number of nitrogens with one attached hydrogen (secondary N) is 3. The zero-order valence-corrected chi connectivity index (χ0v) is 37.7. The lowest BCUT2D eigenvalue weighted by Gasteiger charge is -2.40. The van der Waals surface area contributed by atoms with E-state index < -0.39 is 95.4 Å². The number of benzene rings is 2. The molecule has 1 aromatic heterocycles. The lowest BCUT2D eigenvalue weighted by Crippen LogP contribution is -2.48. The molecule has 18 nitrogen and oxygen atoms in total. The van der Waals surface area contributed by atoms with Gasteiger partial charge in [0.2, 0.25) is 17.7 Å². The van der Waals surface area contributed by atoms with E-state index in [4.69, 9.17) is 26.4 Å². The van der Waals surface area contributed by atoms with Crippen molar-refractivity contribution in [1.29, 1.82) is 0 Å². The van der Waals surface area contributed by atoms with E-state index in [1.165, 1.54) is 4.90 Å². The lowest BCUT2D eigenvalue weighted by molar-refractivity contribution is -0.192. The van der Waals surface area contributed by atoms with Crippen LogP contribution in [0, 0.1) is 28.9 Å². The number of carbonyl (C=O) groups is 7. The second kappa shape index (κ2) is 26.0. The maximum Gasteiger partial charge on any atom is 0.490 e. The summed E-state index contributed by atoms with van der Waals surface area (Å²) in [5, 5.41) is 34.4. The Bertz CT molecular complexity index is 2170. The average molecular weight is 955 g/mol. The number of carbonyl (C=O) groups excluding carboxylic acids is 5. The number of aliphatic hydroxyl groups excluding tert-OH is 1. The molecule has 5 amide bonds. The van der Waals surface area contributed by atoms with Gasteiger partial charge in [-0.15, -0.1) is 0 Å². The smallest absolute Gasteiger partial charge is 0.481 e. The van der Waals surface area contributed by atoms with Gasteiger partial charge in [0.05, 0.1) is 29.7 Å². The number of carboxylic acids is 2. The number of Topliss-reactive ketones (excluding diaryl/α,β-unsaturated/α-hetero) is 1. The standard InChI is InChI=1S/C42H58F2N8O8.C2HF3O2/c1-25(2)36(33(54)20-27(40(58)59)12-9-17-48-41(46)60)50-34(55)15-18-47-39(57)31(45)16-19-52(35(56)24-53)37(42(3,4)5)38-49-32(29-21-28(43)13-14-30(29)44)23-51(38)22-26-10-7-6-8-11-26;3-2(4,5)1(6)7/h6-8,10-11,13-14,21,23,25,27,31,36-37,53H,9,12,15-20,22,24,45H2,1-5H3,(H,47,57)(H,50,55)(H,58,59)(H3,46,48,60);(H,6,7)/t27-,31+,36+,37+;/m1./s1. The number of nitrogens with zero attached hydrogens (tertiary/aromatic N) is 3. The fourth-order valence-corrected chi connectivity index (χ4v) is 6.81. The zero-order valence-electron chi connectivity index (χ0n) is 37.7. The van der Waals surface area contributed by atoms with Crippen LogP contribution in [0.5, 0.6) is 0 Å². The predicted octanol–water partition coefficient (Wildman–Crippen LogP) is 3.89. The molecule has 0 unspecified atom stereocenters. The molecular weight excluding hydrogens is 896 g/mol. The van der Waals surface area contributed by atoms with Crippen LogP contribution in [0.3, 0.4) is 0 Å². The van der Waals surface area contributed by atoms with E-state index in [9.17, 15) is 56.5 Å². The average Bonchev–Trinajstić information content (AvgIpc) is 3.64. The molecule has 370 valence electrons. The highest BCUT2D eigenvalue weighted by Crippen LogP contribution is 2.39. The summed E-state index contributed by atoms with van der Waals surface area (Å²) in [6.45, 7) is 8.22. The molecule has 10 N–H and O–H groups in total. The Kier molecular flexibility index (Phi) is 22.0. The minimum Gasteiger partial charge on any atom is -0.481 e. The maximum absolute atomic E-state index is 15.0. The van der Waals surface area contributed by atoms with Crippen molar-refractivity contribution < 1.29 is 70.8 Å². The summed E-state index contributed by atoms with van der Waals surface area (Å²) < 4.78 is 62.8. The van der Waals surface area contributed by atoms with Crippen LogP contribution >= 0.6 is 0 Å². The molecule has 0 saturated carbocycles. The number of aliphatic hydroxyl groups is 1. The number of alkyl halides is 3. The summed E-state index contributed by atoms with van der Waals surface area (Å²) in [5.41, 5.74) is 11.5. The number of rotatable bonds is 23. The molecule has 67 heavy (non-hydrogen) atoms. The Labute approximate surface area is 383 Å². The SMILES string of the molecule is CC(C)[C@H](NC(=O)CCNC(=O)[C@@H](N)CCN(C(=O)CO)[C@@H](c1nc(-c2cc(F)ccc2F)cn1Cc1ccccc1)C(C)(C)C)C(=O)C[C@@H](CCCNC(N)=O)C(=O)O.O=C(O)C(F)(F)F. The van der Waals surface area contributed by atoms with Crippen molar-refractivity contribution in [3.8, 4) is 11.3 Å². The van der Waals surface area contributed by atoms with Crippen LogP contribution in [0.4, 0.5) is 26.7 Å². The molecule has 1 heterocycles. The normalized spacial score (nSPS) is 13.3. The van der Waals surface area contributed by atoms with Gasteiger partial charge in [0, 0.05) is 50.8 Å². The van der Waals surface area contributed by atoms with Crippen LogP contribution in [-0.4, -0.2) is 116 Å². The summed E-state index contributed by atoms with van der Waals surface area (Å²) in [7, 11) is 0. The van der Waals surface area contributed by atoms with Gasteiger partial charge in [-0.3, -0.25) is 24.0 Å². The summed E-state index contributed by atoms with van der Waals surface area (Å²) in [5.74, 6) is -8.74. The molecular formula is C44H59F5N8O10. The predicted molar refractivity (Wildman–Crippen MR) is 232 cm³/mol. The third-order valence-corrected chi connectivity index (χ3v) is 10.1. The van der Waals surface area contributed by atoms with Crippen LogP contribution in [0.2, 0.25) is 0 Å². The van der Waals surface area contributed by atoms with Gasteiger partial charge in [0.15, 0.2) is 5.78 Å². The molecule has 0 fully saturated rings. The lowest BCUT2D eigenvalue weighted by atomic mass is 9.84. The van der Waals surface area contributed by atoms with E-state index in [2.05, 4.69) is 16.0 Å². The Morgan fingerprint density at radius 2 is 1.54 bits per heavy atom. The summed E-state index contributed by atoms with van der Waals surface area (Å²) in [4.78, 5) is 90.3. The van der Waals surface area contributed by atoms with E-state index in [1.807, 2.05) is 51.1 Å². The Balaban J connectivity index is 0.00000203. The van der Waals surface area contributed by atoms with Gasteiger partial charge >= 0.3 is 24.1 Å².